The number of hydrogen-bond acceptors (Lipinski definition) is 5. The van der Waals surface area contributed by atoms with Gasteiger partial charge >= 0.3 is 12.4 Å². The SMILES string of the molecule is CC(NC(=S)c1cc(C(F)(F)F)cc(C(F)(F)F)c1)c1ncnn1-c1ncccn1. The van der Waals surface area contributed by atoms with Crippen LogP contribution in [0, 0.1) is 0 Å². The Morgan fingerprint density at radius 2 is 1.53 bits per heavy atom. The average Bonchev–Trinajstić information content (AvgIpc) is 3.17. The fraction of sp³-hybridized carbons (Fsp3) is 0.235. The van der Waals surface area contributed by atoms with Crippen molar-refractivity contribution >= 4 is 17.2 Å². The molecule has 0 aliphatic rings. The lowest BCUT2D eigenvalue weighted by Gasteiger charge is -2.18. The Labute approximate surface area is 171 Å². The van der Waals surface area contributed by atoms with E-state index in [2.05, 4.69) is 25.4 Å². The maximum Gasteiger partial charge on any atom is 0.416 e. The van der Waals surface area contributed by atoms with Gasteiger partial charge in [0.25, 0.3) is 5.95 Å². The molecule has 2 heterocycles. The van der Waals surface area contributed by atoms with Gasteiger partial charge in [0.15, 0.2) is 5.82 Å². The lowest BCUT2D eigenvalue weighted by atomic mass is 10.0. The molecule has 1 unspecified atom stereocenters. The van der Waals surface area contributed by atoms with Gasteiger partial charge in [-0.25, -0.2) is 15.0 Å². The van der Waals surface area contributed by atoms with Crippen molar-refractivity contribution in [2.45, 2.75) is 25.3 Å². The molecular weight excluding hydrogens is 434 g/mol. The number of halogens is 6. The van der Waals surface area contributed by atoms with E-state index in [9.17, 15) is 26.3 Å². The maximum absolute atomic E-state index is 13.1. The first kappa shape index (κ1) is 21.6. The van der Waals surface area contributed by atoms with Gasteiger partial charge in [-0.1, -0.05) is 12.2 Å². The minimum absolute atomic E-state index is 0.0406. The van der Waals surface area contributed by atoms with Gasteiger partial charge in [0, 0.05) is 18.0 Å². The Morgan fingerprint density at radius 1 is 0.967 bits per heavy atom. The molecule has 158 valence electrons. The highest BCUT2D eigenvalue weighted by molar-refractivity contribution is 7.80. The summed E-state index contributed by atoms with van der Waals surface area (Å²) in [5.41, 5.74) is -3.34. The standard InChI is InChI=1S/C17H12F6N6S/c1-9(13-26-8-27-29(13)15-24-3-2-4-25-15)28-14(30)10-5-11(16(18,19)20)7-12(6-10)17(21,22)23/h2-9H,1H3,(H,28,30). The van der Waals surface area contributed by atoms with Gasteiger partial charge in [-0.15, -0.1) is 0 Å². The fourth-order valence-electron chi connectivity index (χ4n) is 2.53. The third kappa shape index (κ3) is 4.72. The number of thiocarbonyl (C=S) groups is 1. The van der Waals surface area contributed by atoms with Gasteiger partial charge in [0.1, 0.15) is 11.3 Å². The van der Waals surface area contributed by atoms with Gasteiger partial charge in [0.2, 0.25) is 0 Å². The number of aromatic nitrogens is 5. The van der Waals surface area contributed by atoms with Gasteiger partial charge in [-0.05, 0) is 31.2 Å². The van der Waals surface area contributed by atoms with Crippen LogP contribution in [-0.4, -0.2) is 29.7 Å². The Kier molecular flexibility index (Phi) is 5.74. The summed E-state index contributed by atoms with van der Waals surface area (Å²) in [4.78, 5) is 11.8. The highest BCUT2D eigenvalue weighted by Crippen LogP contribution is 2.36. The quantitative estimate of drug-likeness (QED) is 0.481. The second-order valence-electron chi connectivity index (χ2n) is 6.07. The maximum atomic E-state index is 13.1. The molecule has 0 aliphatic carbocycles. The Balaban J connectivity index is 1.91. The van der Waals surface area contributed by atoms with Crippen molar-refractivity contribution in [3.05, 3.63) is 65.5 Å². The first-order valence-electron chi connectivity index (χ1n) is 8.24. The van der Waals surface area contributed by atoms with Crippen molar-refractivity contribution in [2.24, 2.45) is 0 Å². The van der Waals surface area contributed by atoms with Crippen molar-refractivity contribution in [3.8, 4) is 5.95 Å². The molecule has 2 aromatic heterocycles. The molecule has 0 bridgehead atoms. The summed E-state index contributed by atoms with van der Waals surface area (Å²) in [6.07, 6.45) is -5.79. The summed E-state index contributed by atoms with van der Waals surface area (Å²) in [5.74, 6) is 0.439. The summed E-state index contributed by atoms with van der Waals surface area (Å²) >= 11 is 5.06. The summed E-state index contributed by atoms with van der Waals surface area (Å²) in [7, 11) is 0. The summed E-state index contributed by atoms with van der Waals surface area (Å²) < 4.78 is 79.6. The summed E-state index contributed by atoms with van der Waals surface area (Å²) in [6.45, 7) is 1.56. The molecule has 3 rings (SSSR count). The fourth-order valence-corrected chi connectivity index (χ4v) is 2.83. The van der Waals surface area contributed by atoms with Crippen molar-refractivity contribution in [2.75, 3.05) is 0 Å². The monoisotopic (exact) mass is 446 g/mol. The van der Waals surface area contributed by atoms with Gasteiger partial charge < -0.3 is 5.32 Å². The molecule has 13 heteroatoms. The zero-order chi connectivity index (χ0) is 22.1. The van der Waals surface area contributed by atoms with E-state index >= 15 is 0 Å². The predicted octanol–water partition coefficient (Wildman–Crippen LogP) is 4.12. The molecule has 0 fully saturated rings. The molecule has 1 aromatic carbocycles. The van der Waals surface area contributed by atoms with E-state index in [0.717, 1.165) is 0 Å². The molecule has 30 heavy (non-hydrogen) atoms. The number of nitrogens with one attached hydrogen (secondary N) is 1. The molecule has 0 saturated carbocycles. The van der Waals surface area contributed by atoms with Crippen LogP contribution in [0.4, 0.5) is 26.3 Å². The number of benzene rings is 1. The topological polar surface area (TPSA) is 68.5 Å². The third-order valence-electron chi connectivity index (χ3n) is 3.90. The van der Waals surface area contributed by atoms with Crippen molar-refractivity contribution in [1.29, 1.82) is 0 Å². The molecule has 3 aromatic rings. The Bertz CT molecular complexity index is 1010. The van der Waals surface area contributed by atoms with Crippen LogP contribution in [0.3, 0.4) is 0 Å². The normalized spacial score (nSPS) is 13.2. The van der Waals surface area contributed by atoms with E-state index < -0.39 is 35.1 Å². The summed E-state index contributed by atoms with van der Waals surface area (Å²) in [6, 6.07) is 2.01. The lowest BCUT2D eigenvalue weighted by molar-refractivity contribution is -0.143. The molecule has 1 atom stereocenters. The molecule has 0 spiro atoms. The molecule has 1 N–H and O–H groups in total. The van der Waals surface area contributed by atoms with E-state index in [0.29, 0.717) is 12.1 Å². The first-order valence-corrected chi connectivity index (χ1v) is 8.65. The molecule has 0 amide bonds. The number of alkyl halides is 6. The number of rotatable bonds is 4. The minimum atomic E-state index is -4.97. The van der Waals surface area contributed by atoms with Crippen molar-refractivity contribution in [1.82, 2.24) is 30.0 Å². The lowest BCUT2D eigenvalue weighted by Crippen LogP contribution is -2.29. The van der Waals surface area contributed by atoms with Gasteiger partial charge in [0.05, 0.1) is 17.2 Å². The van der Waals surface area contributed by atoms with Crippen LogP contribution in [-0.2, 0) is 12.4 Å². The smallest absolute Gasteiger partial charge is 0.366 e. The van der Waals surface area contributed by atoms with Crippen molar-refractivity contribution in [3.63, 3.8) is 0 Å². The highest BCUT2D eigenvalue weighted by atomic mass is 32.1. The van der Waals surface area contributed by atoms with E-state index in [1.165, 1.54) is 23.4 Å². The molecule has 6 nitrogen and oxygen atoms in total. The number of nitrogens with zero attached hydrogens (tertiary/aromatic N) is 5. The predicted molar refractivity (Wildman–Crippen MR) is 96.6 cm³/mol. The minimum Gasteiger partial charge on any atom is -0.366 e. The van der Waals surface area contributed by atoms with E-state index in [1.54, 1.807) is 13.0 Å². The van der Waals surface area contributed by atoms with Crippen LogP contribution in [0.15, 0.2) is 43.0 Å². The molecule has 0 radical (unpaired) electrons. The zero-order valence-corrected chi connectivity index (χ0v) is 15.8. The number of hydrogen-bond donors (Lipinski definition) is 1. The van der Waals surface area contributed by atoms with Crippen LogP contribution >= 0.6 is 12.2 Å². The average molecular weight is 446 g/mol. The zero-order valence-electron chi connectivity index (χ0n) is 15.0. The van der Waals surface area contributed by atoms with Crippen LogP contribution < -0.4 is 5.32 Å². The van der Waals surface area contributed by atoms with Crippen molar-refractivity contribution < 1.29 is 26.3 Å². The van der Waals surface area contributed by atoms with Crippen LogP contribution in [0.25, 0.3) is 5.95 Å². The van der Waals surface area contributed by atoms with Gasteiger partial charge in [-0.3, -0.25) is 0 Å². The van der Waals surface area contributed by atoms with Crippen LogP contribution in [0.2, 0.25) is 0 Å². The van der Waals surface area contributed by atoms with E-state index in [4.69, 9.17) is 12.2 Å². The Hall–Kier alpha value is -3.09. The molecular formula is C17H12F6N6S. The molecule has 0 aliphatic heterocycles. The van der Waals surface area contributed by atoms with Gasteiger partial charge in [-0.2, -0.15) is 36.1 Å². The first-order chi connectivity index (χ1) is 14.0. The van der Waals surface area contributed by atoms with E-state index in [-0.39, 0.29) is 22.8 Å². The second-order valence-corrected chi connectivity index (χ2v) is 6.48. The van der Waals surface area contributed by atoms with Crippen LogP contribution in [0.5, 0.6) is 0 Å². The highest BCUT2D eigenvalue weighted by Gasteiger charge is 2.37. The summed E-state index contributed by atoms with van der Waals surface area (Å²) in [5, 5.41) is 6.66. The largest absolute Gasteiger partial charge is 0.416 e. The molecule has 0 saturated heterocycles. The van der Waals surface area contributed by atoms with Crippen LogP contribution in [0.1, 0.15) is 35.5 Å². The Morgan fingerprint density at radius 3 is 2.07 bits per heavy atom. The third-order valence-corrected chi connectivity index (χ3v) is 4.25. The van der Waals surface area contributed by atoms with E-state index in [1.807, 2.05) is 0 Å². The second kappa shape index (κ2) is 7.97.